The van der Waals surface area contributed by atoms with Crippen molar-refractivity contribution < 1.29 is 4.79 Å². The maximum Gasteiger partial charge on any atom is 0.224 e. The van der Waals surface area contributed by atoms with Gasteiger partial charge in [-0.25, -0.2) is 0 Å². The van der Waals surface area contributed by atoms with E-state index in [0.717, 1.165) is 5.56 Å². The number of nitrogens with one attached hydrogen (secondary N) is 1. The molecular weight excluding hydrogens is 190 g/mol. The largest absolute Gasteiger partial charge is 0.352 e. The Balaban J connectivity index is 2.41. The average molecular weight is 207 g/mol. The number of carbonyl (C=O) groups is 1. The summed E-state index contributed by atoms with van der Waals surface area (Å²) in [6.45, 7) is 4.15. The third-order valence-electron chi connectivity index (χ3n) is 2.39. The van der Waals surface area contributed by atoms with Crippen molar-refractivity contribution >= 4 is 5.91 Å². The number of hydrogen-bond donors (Lipinski definition) is 2. The molecule has 4 nitrogen and oxygen atoms in total. The van der Waals surface area contributed by atoms with Crippen molar-refractivity contribution in [3.8, 4) is 0 Å². The van der Waals surface area contributed by atoms with Crippen LogP contribution >= 0.6 is 0 Å². The van der Waals surface area contributed by atoms with Crippen LogP contribution in [0.5, 0.6) is 0 Å². The maximum atomic E-state index is 11.5. The summed E-state index contributed by atoms with van der Waals surface area (Å²) >= 11 is 0. The van der Waals surface area contributed by atoms with Gasteiger partial charge in [-0.2, -0.15) is 0 Å². The molecule has 15 heavy (non-hydrogen) atoms. The summed E-state index contributed by atoms with van der Waals surface area (Å²) in [6.07, 6.45) is 3.44. The van der Waals surface area contributed by atoms with Crippen LogP contribution in [0.25, 0.3) is 0 Å². The van der Waals surface area contributed by atoms with Crippen LogP contribution in [0.1, 0.15) is 19.4 Å². The number of aromatic nitrogens is 1. The van der Waals surface area contributed by atoms with E-state index in [9.17, 15) is 4.79 Å². The fourth-order valence-corrected chi connectivity index (χ4v) is 1.09. The first-order valence-corrected chi connectivity index (χ1v) is 5.03. The lowest BCUT2D eigenvalue weighted by Gasteiger charge is -2.15. The van der Waals surface area contributed by atoms with Crippen LogP contribution in [0.3, 0.4) is 0 Å². The normalized spacial score (nSPS) is 14.3. The molecule has 0 saturated carbocycles. The SMILES string of the molecule is CC(N)C(C)C(=O)NCc1cccnc1. The Morgan fingerprint density at radius 2 is 2.33 bits per heavy atom. The maximum absolute atomic E-state index is 11.5. The zero-order valence-corrected chi connectivity index (χ0v) is 9.10. The Morgan fingerprint density at radius 3 is 2.87 bits per heavy atom. The van der Waals surface area contributed by atoms with E-state index in [2.05, 4.69) is 10.3 Å². The number of nitrogens with two attached hydrogens (primary N) is 1. The summed E-state index contributed by atoms with van der Waals surface area (Å²) in [6, 6.07) is 3.64. The van der Waals surface area contributed by atoms with Gasteiger partial charge in [-0.05, 0) is 18.6 Å². The molecule has 0 aromatic carbocycles. The Bertz CT molecular complexity index is 311. The molecule has 0 bridgehead atoms. The molecular formula is C11H17N3O. The lowest BCUT2D eigenvalue weighted by atomic mass is 10.0. The lowest BCUT2D eigenvalue weighted by Crippen LogP contribution is -2.38. The molecule has 1 heterocycles. The summed E-state index contributed by atoms with van der Waals surface area (Å²) in [5.74, 6) is -0.185. The van der Waals surface area contributed by atoms with Crippen molar-refractivity contribution in [2.24, 2.45) is 11.7 Å². The molecule has 3 N–H and O–H groups in total. The van der Waals surface area contributed by atoms with Crippen molar-refractivity contribution in [3.05, 3.63) is 30.1 Å². The number of hydrogen-bond acceptors (Lipinski definition) is 3. The minimum atomic E-state index is -0.165. The molecule has 1 aromatic rings. The Hall–Kier alpha value is -1.42. The van der Waals surface area contributed by atoms with Crippen LogP contribution < -0.4 is 11.1 Å². The molecule has 0 spiro atoms. The Morgan fingerprint density at radius 1 is 1.60 bits per heavy atom. The van der Waals surface area contributed by atoms with Gasteiger partial charge < -0.3 is 11.1 Å². The summed E-state index contributed by atoms with van der Waals surface area (Å²) in [5, 5.41) is 2.82. The Labute approximate surface area is 89.9 Å². The van der Waals surface area contributed by atoms with Crippen LogP contribution in [-0.2, 0) is 11.3 Å². The summed E-state index contributed by atoms with van der Waals surface area (Å²) in [7, 11) is 0. The van der Waals surface area contributed by atoms with E-state index in [-0.39, 0.29) is 17.9 Å². The predicted molar refractivity (Wildman–Crippen MR) is 58.9 cm³/mol. The third-order valence-corrected chi connectivity index (χ3v) is 2.39. The van der Waals surface area contributed by atoms with E-state index in [4.69, 9.17) is 5.73 Å². The Kier molecular flexibility index (Phi) is 4.24. The highest BCUT2D eigenvalue weighted by Gasteiger charge is 2.16. The second-order valence-corrected chi connectivity index (χ2v) is 3.73. The highest BCUT2D eigenvalue weighted by molar-refractivity contribution is 5.78. The summed E-state index contributed by atoms with van der Waals surface area (Å²) < 4.78 is 0. The quantitative estimate of drug-likeness (QED) is 0.763. The van der Waals surface area contributed by atoms with Crippen molar-refractivity contribution in [1.29, 1.82) is 0 Å². The fraction of sp³-hybridized carbons (Fsp3) is 0.455. The smallest absolute Gasteiger partial charge is 0.224 e. The molecule has 0 aliphatic rings. The highest BCUT2D eigenvalue weighted by atomic mass is 16.1. The van der Waals surface area contributed by atoms with Gasteiger partial charge in [0.2, 0.25) is 5.91 Å². The second kappa shape index (κ2) is 5.46. The first-order valence-electron chi connectivity index (χ1n) is 5.03. The fourth-order valence-electron chi connectivity index (χ4n) is 1.09. The van der Waals surface area contributed by atoms with Crippen molar-refractivity contribution in [2.45, 2.75) is 26.4 Å². The van der Waals surface area contributed by atoms with Gasteiger partial charge in [0.1, 0.15) is 0 Å². The van der Waals surface area contributed by atoms with Crippen molar-refractivity contribution in [1.82, 2.24) is 10.3 Å². The van der Waals surface area contributed by atoms with Crippen molar-refractivity contribution in [3.63, 3.8) is 0 Å². The third kappa shape index (κ3) is 3.67. The van der Waals surface area contributed by atoms with Gasteiger partial charge in [0.15, 0.2) is 0 Å². The molecule has 0 aliphatic carbocycles. The van der Waals surface area contributed by atoms with E-state index < -0.39 is 0 Å². The number of rotatable bonds is 4. The van der Waals surface area contributed by atoms with E-state index in [1.165, 1.54) is 0 Å². The summed E-state index contributed by atoms with van der Waals surface area (Å²) in [5.41, 5.74) is 6.62. The van der Waals surface area contributed by atoms with Crippen LogP contribution in [0.15, 0.2) is 24.5 Å². The first kappa shape index (κ1) is 11.7. The molecule has 2 atom stereocenters. The van der Waals surface area contributed by atoms with E-state index in [0.29, 0.717) is 6.54 Å². The van der Waals surface area contributed by atoms with Gasteiger partial charge in [-0.1, -0.05) is 13.0 Å². The van der Waals surface area contributed by atoms with Crippen LogP contribution in [0.4, 0.5) is 0 Å². The molecule has 2 unspecified atom stereocenters. The molecule has 1 rings (SSSR count). The van der Waals surface area contributed by atoms with Gasteiger partial charge in [-0.15, -0.1) is 0 Å². The molecule has 4 heteroatoms. The monoisotopic (exact) mass is 207 g/mol. The van der Waals surface area contributed by atoms with Crippen molar-refractivity contribution in [2.75, 3.05) is 0 Å². The van der Waals surface area contributed by atoms with Gasteiger partial charge in [0.05, 0.1) is 0 Å². The minimum absolute atomic E-state index is 0.0196. The number of pyridine rings is 1. The molecule has 82 valence electrons. The van der Waals surface area contributed by atoms with Gasteiger partial charge >= 0.3 is 0 Å². The minimum Gasteiger partial charge on any atom is -0.352 e. The molecule has 0 fully saturated rings. The number of amides is 1. The molecule has 0 saturated heterocycles. The number of carbonyl (C=O) groups excluding carboxylic acids is 1. The highest BCUT2D eigenvalue weighted by Crippen LogP contribution is 2.01. The van der Waals surface area contributed by atoms with Crippen LogP contribution in [-0.4, -0.2) is 16.9 Å². The van der Waals surface area contributed by atoms with E-state index >= 15 is 0 Å². The number of nitrogens with zero attached hydrogens (tertiary/aromatic N) is 1. The van der Waals surface area contributed by atoms with E-state index in [1.807, 2.05) is 26.0 Å². The lowest BCUT2D eigenvalue weighted by molar-refractivity contribution is -0.125. The first-order chi connectivity index (χ1) is 7.11. The molecule has 1 aromatic heterocycles. The van der Waals surface area contributed by atoms with Gasteiger partial charge in [0.25, 0.3) is 0 Å². The van der Waals surface area contributed by atoms with Crippen LogP contribution in [0.2, 0.25) is 0 Å². The van der Waals surface area contributed by atoms with E-state index in [1.54, 1.807) is 12.4 Å². The zero-order valence-electron chi connectivity index (χ0n) is 9.10. The molecule has 1 amide bonds. The van der Waals surface area contributed by atoms with Gasteiger partial charge in [0, 0.05) is 30.9 Å². The topological polar surface area (TPSA) is 68.0 Å². The predicted octanol–water partition coefficient (Wildman–Crippen LogP) is 0.681. The zero-order chi connectivity index (χ0) is 11.3. The van der Waals surface area contributed by atoms with Crippen LogP contribution in [0, 0.1) is 5.92 Å². The van der Waals surface area contributed by atoms with Gasteiger partial charge in [-0.3, -0.25) is 9.78 Å². The summed E-state index contributed by atoms with van der Waals surface area (Å²) in [4.78, 5) is 15.5. The molecule has 0 radical (unpaired) electrons. The molecule has 0 aliphatic heterocycles. The standard InChI is InChI=1S/C11H17N3O/c1-8(9(2)12)11(15)14-7-10-4-3-5-13-6-10/h3-6,8-9H,7,12H2,1-2H3,(H,14,15). The average Bonchev–Trinajstić information content (AvgIpc) is 2.26. The second-order valence-electron chi connectivity index (χ2n) is 3.73.